The van der Waals surface area contributed by atoms with Gasteiger partial charge in [-0.2, -0.15) is 11.8 Å². The second-order valence-corrected chi connectivity index (χ2v) is 5.94. The Labute approximate surface area is 83.1 Å². The molecular weight excluding hydrogens is 184 g/mol. The Balaban J connectivity index is 2.05. The van der Waals surface area contributed by atoms with Crippen molar-refractivity contribution in [3.05, 3.63) is 0 Å². The molecule has 2 rings (SSSR count). The molecular formula is C10H16O2S. The standard InChI is InChI=1S/C10H16O2S/c1-10(2)7(8(10)9(11)12)6-3-4-13-5-6/h6-8H,3-5H2,1-2H3,(H,11,12). The minimum Gasteiger partial charge on any atom is -0.481 e. The van der Waals surface area contributed by atoms with Crippen LogP contribution in [0.15, 0.2) is 0 Å². The lowest BCUT2D eigenvalue weighted by Crippen LogP contribution is -2.07. The largest absolute Gasteiger partial charge is 0.481 e. The molecule has 1 saturated carbocycles. The van der Waals surface area contributed by atoms with Crippen LogP contribution in [0.25, 0.3) is 0 Å². The van der Waals surface area contributed by atoms with E-state index in [-0.39, 0.29) is 11.3 Å². The fourth-order valence-corrected chi connectivity index (χ4v) is 4.18. The average molecular weight is 200 g/mol. The number of hydrogen-bond acceptors (Lipinski definition) is 2. The SMILES string of the molecule is CC1(C)C(C(=O)O)C1C1CCSC1. The zero-order chi connectivity index (χ0) is 9.64. The van der Waals surface area contributed by atoms with Gasteiger partial charge in [0.1, 0.15) is 0 Å². The van der Waals surface area contributed by atoms with E-state index < -0.39 is 5.97 Å². The monoisotopic (exact) mass is 200 g/mol. The number of carbonyl (C=O) groups is 1. The third kappa shape index (κ3) is 1.37. The minimum absolute atomic E-state index is 0.0569. The molecule has 1 N–H and O–H groups in total. The Morgan fingerprint density at radius 3 is 2.62 bits per heavy atom. The van der Waals surface area contributed by atoms with Crippen LogP contribution >= 0.6 is 11.8 Å². The van der Waals surface area contributed by atoms with Crippen LogP contribution in [0.2, 0.25) is 0 Å². The van der Waals surface area contributed by atoms with Crippen molar-refractivity contribution in [1.82, 2.24) is 0 Å². The summed E-state index contributed by atoms with van der Waals surface area (Å²) in [6.45, 7) is 4.19. The molecule has 2 aliphatic rings. The van der Waals surface area contributed by atoms with E-state index in [0.29, 0.717) is 11.8 Å². The summed E-state index contributed by atoms with van der Waals surface area (Å²) in [7, 11) is 0. The topological polar surface area (TPSA) is 37.3 Å². The highest BCUT2D eigenvalue weighted by Gasteiger charge is 2.64. The molecule has 1 aliphatic carbocycles. The van der Waals surface area contributed by atoms with Crippen molar-refractivity contribution < 1.29 is 9.90 Å². The molecule has 2 fully saturated rings. The number of carboxylic acids is 1. The van der Waals surface area contributed by atoms with E-state index in [0.717, 1.165) is 0 Å². The zero-order valence-electron chi connectivity index (χ0n) is 8.12. The van der Waals surface area contributed by atoms with Crippen LogP contribution in [0.1, 0.15) is 20.3 Å². The summed E-state index contributed by atoms with van der Waals surface area (Å²) in [5.41, 5.74) is 0.0569. The molecule has 3 heteroatoms. The van der Waals surface area contributed by atoms with Crippen LogP contribution < -0.4 is 0 Å². The van der Waals surface area contributed by atoms with E-state index in [2.05, 4.69) is 13.8 Å². The molecule has 0 aromatic carbocycles. The Morgan fingerprint density at radius 1 is 1.54 bits per heavy atom. The number of rotatable bonds is 2. The van der Waals surface area contributed by atoms with E-state index in [4.69, 9.17) is 5.11 Å². The predicted molar refractivity (Wildman–Crippen MR) is 53.8 cm³/mol. The summed E-state index contributed by atoms with van der Waals surface area (Å²) < 4.78 is 0. The van der Waals surface area contributed by atoms with Gasteiger partial charge in [-0.15, -0.1) is 0 Å². The normalized spacial score (nSPS) is 41.8. The summed E-state index contributed by atoms with van der Waals surface area (Å²) in [4.78, 5) is 10.9. The van der Waals surface area contributed by atoms with Crippen molar-refractivity contribution in [3.8, 4) is 0 Å². The number of aliphatic carboxylic acids is 1. The van der Waals surface area contributed by atoms with Crippen LogP contribution in [0.5, 0.6) is 0 Å². The van der Waals surface area contributed by atoms with E-state index in [1.807, 2.05) is 11.8 Å². The minimum atomic E-state index is -0.591. The van der Waals surface area contributed by atoms with Crippen molar-refractivity contribution in [1.29, 1.82) is 0 Å². The fourth-order valence-electron chi connectivity index (χ4n) is 2.87. The van der Waals surface area contributed by atoms with Gasteiger partial charge in [0.25, 0.3) is 0 Å². The second-order valence-electron chi connectivity index (χ2n) is 4.79. The Bertz CT molecular complexity index is 231. The molecule has 13 heavy (non-hydrogen) atoms. The molecule has 0 aromatic heterocycles. The van der Waals surface area contributed by atoms with Crippen LogP contribution in [0, 0.1) is 23.2 Å². The van der Waals surface area contributed by atoms with Crippen molar-refractivity contribution in [2.45, 2.75) is 20.3 Å². The first kappa shape index (κ1) is 9.38. The molecule has 3 unspecified atom stereocenters. The Kier molecular flexibility index (Phi) is 2.10. The molecule has 0 amide bonds. The molecule has 0 radical (unpaired) electrons. The van der Waals surface area contributed by atoms with E-state index in [1.165, 1.54) is 17.9 Å². The summed E-state index contributed by atoms with van der Waals surface area (Å²) in [5.74, 6) is 2.85. The summed E-state index contributed by atoms with van der Waals surface area (Å²) >= 11 is 1.97. The lowest BCUT2D eigenvalue weighted by atomic mass is 9.97. The van der Waals surface area contributed by atoms with Gasteiger partial charge in [0.15, 0.2) is 0 Å². The maximum atomic E-state index is 10.9. The fraction of sp³-hybridized carbons (Fsp3) is 0.900. The van der Waals surface area contributed by atoms with E-state index in [9.17, 15) is 4.79 Å². The molecule has 0 bridgehead atoms. The number of carboxylic acid groups (broad SMARTS) is 1. The van der Waals surface area contributed by atoms with Crippen LogP contribution in [-0.2, 0) is 4.79 Å². The van der Waals surface area contributed by atoms with Crippen molar-refractivity contribution in [3.63, 3.8) is 0 Å². The highest BCUT2D eigenvalue weighted by atomic mass is 32.2. The smallest absolute Gasteiger partial charge is 0.307 e. The first-order valence-corrected chi connectivity index (χ1v) is 6.01. The van der Waals surface area contributed by atoms with Gasteiger partial charge in [-0.3, -0.25) is 4.79 Å². The maximum absolute atomic E-state index is 10.9. The van der Waals surface area contributed by atoms with Crippen LogP contribution in [0.3, 0.4) is 0 Å². The van der Waals surface area contributed by atoms with Gasteiger partial charge in [-0.05, 0) is 35.2 Å². The first-order valence-electron chi connectivity index (χ1n) is 4.85. The summed E-state index contributed by atoms with van der Waals surface area (Å²) in [5, 5.41) is 9.01. The lowest BCUT2D eigenvalue weighted by Gasteiger charge is -2.08. The average Bonchev–Trinajstić information content (AvgIpc) is 2.50. The maximum Gasteiger partial charge on any atom is 0.307 e. The third-order valence-electron chi connectivity index (χ3n) is 3.65. The van der Waals surface area contributed by atoms with Gasteiger partial charge in [0.2, 0.25) is 0 Å². The van der Waals surface area contributed by atoms with Crippen molar-refractivity contribution in [2.75, 3.05) is 11.5 Å². The van der Waals surface area contributed by atoms with Gasteiger partial charge < -0.3 is 5.11 Å². The quantitative estimate of drug-likeness (QED) is 0.741. The van der Waals surface area contributed by atoms with Crippen LogP contribution in [0.4, 0.5) is 0 Å². The summed E-state index contributed by atoms with van der Waals surface area (Å²) in [6.07, 6.45) is 1.22. The first-order chi connectivity index (χ1) is 6.05. The molecule has 3 atom stereocenters. The summed E-state index contributed by atoms with van der Waals surface area (Å²) in [6, 6.07) is 0. The zero-order valence-corrected chi connectivity index (χ0v) is 8.93. The molecule has 0 spiro atoms. The van der Waals surface area contributed by atoms with Gasteiger partial charge in [-0.25, -0.2) is 0 Å². The molecule has 1 saturated heterocycles. The van der Waals surface area contributed by atoms with Crippen molar-refractivity contribution >= 4 is 17.7 Å². The molecule has 1 aliphatic heterocycles. The number of thioether (sulfide) groups is 1. The molecule has 1 heterocycles. The predicted octanol–water partition coefficient (Wildman–Crippen LogP) is 2.10. The van der Waals surface area contributed by atoms with E-state index >= 15 is 0 Å². The third-order valence-corrected chi connectivity index (χ3v) is 4.84. The van der Waals surface area contributed by atoms with Gasteiger partial charge in [0.05, 0.1) is 5.92 Å². The van der Waals surface area contributed by atoms with Crippen LogP contribution in [-0.4, -0.2) is 22.6 Å². The number of hydrogen-bond donors (Lipinski definition) is 1. The lowest BCUT2D eigenvalue weighted by molar-refractivity contribution is -0.139. The van der Waals surface area contributed by atoms with Gasteiger partial charge in [0, 0.05) is 0 Å². The Morgan fingerprint density at radius 2 is 2.23 bits per heavy atom. The van der Waals surface area contributed by atoms with E-state index in [1.54, 1.807) is 0 Å². The second kappa shape index (κ2) is 2.91. The molecule has 74 valence electrons. The Hall–Kier alpha value is -0.180. The molecule has 2 nitrogen and oxygen atoms in total. The van der Waals surface area contributed by atoms with Gasteiger partial charge >= 0.3 is 5.97 Å². The highest BCUT2D eigenvalue weighted by molar-refractivity contribution is 7.99. The van der Waals surface area contributed by atoms with Gasteiger partial charge in [-0.1, -0.05) is 13.8 Å². The van der Waals surface area contributed by atoms with Crippen molar-refractivity contribution in [2.24, 2.45) is 23.2 Å². The molecule has 0 aromatic rings. The highest BCUT2D eigenvalue weighted by Crippen LogP contribution is 2.63.